The topological polar surface area (TPSA) is 34.0 Å². The zero-order chi connectivity index (χ0) is 34.2. The summed E-state index contributed by atoms with van der Waals surface area (Å²) in [6, 6.07) is 64.8. The molecular weight excluding hydrogens is 633 g/mol. The van der Waals surface area contributed by atoms with Gasteiger partial charge in [-0.05, 0) is 88.3 Å². The Morgan fingerprint density at radius 3 is 1.79 bits per heavy atom. The van der Waals surface area contributed by atoms with Gasteiger partial charge in [0, 0.05) is 44.3 Å². The first kappa shape index (κ1) is 28.8. The first-order valence-electron chi connectivity index (χ1n) is 17.7. The maximum Gasteiger partial charge on any atom is 0.0995 e. The number of aromatic nitrogens is 3. The molecule has 0 amide bonds. The molecule has 0 aliphatic carbocycles. The van der Waals surface area contributed by atoms with E-state index in [2.05, 4.69) is 191 Å². The van der Waals surface area contributed by atoms with Crippen LogP contribution in [0.3, 0.4) is 0 Å². The number of fused-ring (bicyclic) bond motifs is 12. The van der Waals surface area contributed by atoms with E-state index in [1.54, 1.807) is 0 Å². The molecule has 52 heavy (non-hydrogen) atoms. The highest BCUT2D eigenvalue weighted by atomic mass is 15.1. The lowest BCUT2D eigenvalue weighted by Gasteiger charge is -2.26. The van der Waals surface area contributed by atoms with Gasteiger partial charge in [0.15, 0.2) is 0 Å². The van der Waals surface area contributed by atoms with Crippen molar-refractivity contribution in [2.75, 3.05) is 4.90 Å². The molecule has 11 aromatic rings. The molecule has 9 aromatic carbocycles. The van der Waals surface area contributed by atoms with Gasteiger partial charge in [0.25, 0.3) is 0 Å². The third kappa shape index (κ3) is 4.28. The molecule has 0 aliphatic heterocycles. The lowest BCUT2D eigenvalue weighted by Crippen LogP contribution is -2.09. The van der Waals surface area contributed by atoms with Crippen molar-refractivity contribution in [3.05, 3.63) is 182 Å². The highest BCUT2D eigenvalue weighted by molar-refractivity contribution is 6.26. The Hall–Kier alpha value is -7.04. The minimum absolute atomic E-state index is 0.891. The van der Waals surface area contributed by atoms with Crippen molar-refractivity contribution >= 4 is 93.3 Å². The Labute approximate surface area is 299 Å². The molecule has 4 nitrogen and oxygen atoms in total. The van der Waals surface area contributed by atoms with Crippen molar-refractivity contribution in [3.8, 4) is 5.69 Å². The molecular formula is C48H30N4. The van der Waals surface area contributed by atoms with E-state index in [1.807, 2.05) is 0 Å². The molecule has 0 saturated heterocycles. The lowest BCUT2D eigenvalue weighted by atomic mass is 9.98. The maximum absolute atomic E-state index is 5.59. The number of nitrogens with zero attached hydrogens (tertiary/aromatic N) is 4. The van der Waals surface area contributed by atoms with Crippen LogP contribution in [0.15, 0.2) is 182 Å². The fraction of sp³-hybridized carbons (Fsp3) is 0. The van der Waals surface area contributed by atoms with E-state index < -0.39 is 0 Å². The van der Waals surface area contributed by atoms with Crippen LogP contribution in [0.5, 0.6) is 0 Å². The van der Waals surface area contributed by atoms with Crippen molar-refractivity contribution < 1.29 is 0 Å². The summed E-state index contributed by atoms with van der Waals surface area (Å²) in [6.07, 6.45) is 0. The minimum atomic E-state index is 0.891. The molecule has 11 rings (SSSR count). The standard InChI is InChI=1S/C48H30N4/c1-3-15-33(16-4-1)51(34-17-5-2-6-18-34)36-25-26-39-41(30-36)37-19-9-10-20-38(37)46-47(39)50-48-42(49-46)27-28-44-45(48)40-21-11-12-22-43(40)52(44)35-24-23-31-13-7-8-14-32(31)29-35/h1-30H. The van der Waals surface area contributed by atoms with E-state index in [4.69, 9.17) is 9.97 Å². The van der Waals surface area contributed by atoms with Gasteiger partial charge in [0.1, 0.15) is 0 Å². The SMILES string of the molecule is c1ccc(N(c2ccccc2)c2ccc3c(c2)c2ccccc2c2nc4ccc5c(c6ccccc6n5-c5ccc6ccccc6c5)c4nc32)cc1. The van der Waals surface area contributed by atoms with Crippen molar-refractivity contribution in [1.82, 2.24) is 14.5 Å². The predicted molar refractivity (Wildman–Crippen MR) is 219 cm³/mol. The van der Waals surface area contributed by atoms with Crippen LogP contribution >= 0.6 is 0 Å². The van der Waals surface area contributed by atoms with Crippen LogP contribution in [-0.2, 0) is 0 Å². The average Bonchev–Trinajstić information content (AvgIpc) is 3.56. The molecule has 2 aromatic heterocycles. The maximum atomic E-state index is 5.59. The smallest absolute Gasteiger partial charge is 0.0995 e. The van der Waals surface area contributed by atoms with Crippen LogP contribution in [0.1, 0.15) is 0 Å². The normalized spacial score (nSPS) is 11.8. The molecule has 0 aliphatic rings. The van der Waals surface area contributed by atoms with E-state index >= 15 is 0 Å². The predicted octanol–water partition coefficient (Wildman–Crippen LogP) is 12.8. The van der Waals surface area contributed by atoms with E-state index in [0.29, 0.717) is 0 Å². The molecule has 0 N–H and O–H groups in total. The van der Waals surface area contributed by atoms with E-state index in [9.17, 15) is 0 Å². The average molecular weight is 663 g/mol. The largest absolute Gasteiger partial charge is 0.310 e. The number of hydrogen-bond acceptors (Lipinski definition) is 3. The summed E-state index contributed by atoms with van der Waals surface area (Å²) in [5, 5.41) is 9.23. The molecule has 242 valence electrons. The van der Waals surface area contributed by atoms with Gasteiger partial charge < -0.3 is 9.47 Å². The van der Waals surface area contributed by atoms with Crippen molar-refractivity contribution in [3.63, 3.8) is 0 Å². The van der Waals surface area contributed by atoms with E-state index in [1.165, 1.54) is 16.2 Å². The molecule has 0 spiro atoms. The summed E-state index contributed by atoms with van der Waals surface area (Å²) in [4.78, 5) is 13.3. The van der Waals surface area contributed by atoms with Gasteiger partial charge >= 0.3 is 0 Å². The van der Waals surface area contributed by atoms with Gasteiger partial charge in [-0.15, -0.1) is 0 Å². The molecule has 0 unspecified atom stereocenters. The fourth-order valence-electron chi connectivity index (χ4n) is 8.17. The summed E-state index contributed by atoms with van der Waals surface area (Å²) in [5.74, 6) is 0. The molecule has 0 fully saturated rings. The van der Waals surface area contributed by atoms with Crippen molar-refractivity contribution in [2.45, 2.75) is 0 Å². The zero-order valence-corrected chi connectivity index (χ0v) is 28.1. The van der Waals surface area contributed by atoms with Crippen molar-refractivity contribution in [1.29, 1.82) is 0 Å². The Morgan fingerprint density at radius 1 is 0.365 bits per heavy atom. The summed E-state index contributed by atoms with van der Waals surface area (Å²) in [7, 11) is 0. The third-order valence-corrected chi connectivity index (χ3v) is 10.5. The fourth-order valence-corrected chi connectivity index (χ4v) is 8.17. The summed E-state index contributed by atoms with van der Waals surface area (Å²) in [5.41, 5.74) is 10.3. The number of anilines is 3. The first-order valence-corrected chi connectivity index (χ1v) is 17.7. The lowest BCUT2D eigenvalue weighted by molar-refractivity contribution is 1.19. The third-order valence-electron chi connectivity index (χ3n) is 10.5. The molecule has 4 heteroatoms. The number of rotatable bonds is 4. The zero-order valence-electron chi connectivity index (χ0n) is 28.1. The number of benzene rings is 9. The van der Waals surface area contributed by atoms with Crippen LogP contribution in [-0.4, -0.2) is 14.5 Å². The van der Waals surface area contributed by atoms with E-state index in [0.717, 1.165) is 82.8 Å². The van der Waals surface area contributed by atoms with Gasteiger partial charge in [-0.25, -0.2) is 9.97 Å². The number of para-hydroxylation sites is 3. The van der Waals surface area contributed by atoms with Crippen LogP contribution in [0.25, 0.3) is 81.9 Å². The summed E-state index contributed by atoms with van der Waals surface area (Å²) < 4.78 is 2.37. The Balaban J connectivity index is 1.21. The van der Waals surface area contributed by atoms with Gasteiger partial charge in [0.2, 0.25) is 0 Å². The molecule has 0 atom stereocenters. The second-order valence-corrected chi connectivity index (χ2v) is 13.4. The quantitative estimate of drug-likeness (QED) is 0.139. The summed E-state index contributed by atoms with van der Waals surface area (Å²) >= 11 is 0. The summed E-state index contributed by atoms with van der Waals surface area (Å²) in [6.45, 7) is 0. The van der Waals surface area contributed by atoms with Crippen LogP contribution < -0.4 is 4.90 Å². The van der Waals surface area contributed by atoms with Crippen LogP contribution in [0.4, 0.5) is 17.1 Å². The van der Waals surface area contributed by atoms with Crippen molar-refractivity contribution in [2.24, 2.45) is 0 Å². The minimum Gasteiger partial charge on any atom is -0.310 e. The molecule has 0 radical (unpaired) electrons. The van der Waals surface area contributed by atoms with Crippen LogP contribution in [0.2, 0.25) is 0 Å². The first-order chi connectivity index (χ1) is 25.8. The van der Waals surface area contributed by atoms with Crippen LogP contribution in [0, 0.1) is 0 Å². The van der Waals surface area contributed by atoms with Gasteiger partial charge in [-0.3, -0.25) is 0 Å². The Bertz CT molecular complexity index is 3140. The Morgan fingerprint density at radius 2 is 1.00 bits per heavy atom. The monoisotopic (exact) mass is 662 g/mol. The highest BCUT2D eigenvalue weighted by Gasteiger charge is 2.20. The number of hydrogen-bond donors (Lipinski definition) is 0. The second kappa shape index (κ2) is 11.2. The molecule has 0 bridgehead atoms. The van der Waals surface area contributed by atoms with Gasteiger partial charge in [-0.1, -0.05) is 115 Å². The van der Waals surface area contributed by atoms with Gasteiger partial charge in [-0.2, -0.15) is 0 Å². The van der Waals surface area contributed by atoms with Gasteiger partial charge in [0.05, 0.1) is 33.1 Å². The molecule has 0 saturated carbocycles. The second-order valence-electron chi connectivity index (χ2n) is 13.4. The molecule has 2 heterocycles. The van der Waals surface area contributed by atoms with E-state index in [-0.39, 0.29) is 0 Å². The Kier molecular flexibility index (Phi) is 6.22. The highest BCUT2D eigenvalue weighted by Crippen LogP contribution is 2.42.